The lowest BCUT2D eigenvalue weighted by atomic mass is 10.1. The van der Waals surface area contributed by atoms with Gasteiger partial charge >= 0.3 is 0 Å². The molecule has 0 heterocycles. The smallest absolute Gasteiger partial charge is 0.0224 e. The SMILES string of the molecule is C=CN(CCCc1ccccc1)C(=C)C. The summed E-state index contributed by atoms with van der Waals surface area (Å²) >= 11 is 0. The van der Waals surface area contributed by atoms with Crippen molar-refractivity contribution in [3.63, 3.8) is 0 Å². The molecule has 0 amide bonds. The minimum absolute atomic E-state index is 0.994. The minimum atomic E-state index is 0.994. The Morgan fingerprint density at radius 3 is 2.53 bits per heavy atom. The lowest BCUT2D eigenvalue weighted by molar-refractivity contribution is 0.455. The Morgan fingerprint density at radius 2 is 2.00 bits per heavy atom. The van der Waals surface area contributed by atoms with E-state index in [9.17, 15) is 0 Å². The van der Waals surface area contributed by atoms with Crippen molar-refractivity contribution >= 4 is 0 Å². The van der Waals surface area contributed by atoms with Crippen LogP contribution in [-0.4, -0.2) is 11.4 Å². The Bertz CT molecular complexity index is 313. The molecule has 1 heteroatoms. The van der Waals surface area contributed by atoms with Crippen molar-refractivity contribution in [2.75, 3.05) is 6.54 Å². The molecule has 0 aliphatic carbocycles. The van der Waals surface area contributed by atoms with E-state index in [2.05, 4.69) is 42.3 Å². The third-order valence-electron chi connectivity index (χ3n) is 2.42. The highest BCUT2D eigenvalue weighted by atomic mass is 15.1. The molecule has 0 bridgehead atoms. The van der Waals surface area contributed by atoms with Gasteiger partial charge in [0.1, 0.15) is 0 Å². The van der Waals surface area contributed by atoms with Crippen molar-refractivity contribution in [1.29, 1.82) is 0 Å². The van der Waals surface area contributed by atoms with Crippen molar-refractivity contribution in [3.05, 3.63) is 61.0 Å². The van der Waals surface area contributed by atoms with Gasteiger partial charge in [-0.2, -0.15) is 0 Å². The molecule has 0 spiro atoms. The monoisotopic (exact) mass is 201 g/mol. The molecule has 15 heavy (non-hydrogen) atoms. The normalized spacial score (nSPS) is 9.67. The molecule has 0 aliphatic heterocycles. The van der Waals surface area contributed by atoms with E-state index in [4.69, 9.17) is 0 Å². The molecule has 1 aromatic rings. The Morgan fingerprint density at radius 1 is 1.33 bits per heavy atom. The number of nitrogens with zero attached hydrogens (tertiary/aromatic N) is 1. The summed E-state index contributed by atoms with van der Waals surface area (Å²) in [5.41, 5.74) is 2.45. The quantitative estimate of drug-likeness (QED) is 0.679. The van der Waals surface area contributed by atoms with E-state index < -0.39 is 0 Å². The van der Waals surface area contributed by atoms with Crippen LogP contribution in [0.1, 0.15) is 18.9 Å². The third kappa shape index (κ3) is 4.03. The largest absolute Gasteiger partial charge is 0.353 e. The van der Waals surface area contributed by atoms with Crippen LogP contribution in [0.2, 0.25) is 0 Å². The highest BCUT2D eigenvalue weighted by Crippen LogP contribution is 2.06. The minimum Gasteiger partial charge on any atom is -0.353 e. The van der Waals surface area contributed by atoms with Gasteiger partial charge in [-0.3, -0.25) is 0 Å². The van der Waals surface area contributed by atoms with Crippen molar-refractivity contribution < 1.29 is 0 Å². The molecule has 80 valence electrons. The van der Waals surface area contributed by atoms with Crippen molar-refractivity contribution in [3.8, 4) is 0 Å². The second-order valence-corrected chi connectivity index (χ2v) is 3.70. The van der Waals surface area contributed by atoms with E-state index >= 15 is 0 Å². The highest BCUT2D eigenvalue weighted by Gasteiger charge is 1.98. The Hall–Kier alpha value is -1.50. The Kier molecular flexibility index (Phi) is 4.69. The standard InChI is InChI=1S/C14H19N/c1-4-15(13(2)3)12-8-11-14-9-6-5-7-10-14/h4-7,9-10H,1-2,8,11-12H2,3H3. The van der Waals surface area contributed by atoms with Crippen LogP contribution in [0, 0.1) is 0 Å². The van der Waals surface area contributed by atoms with Crippen molar-refractivity contribution in [2.45, 2.75) is 19.8 Å². The first-order valence-electron chi connectivity index (χ1n) is 5.32. The van der Waals surface area contributed by atoms with E-state index in [0.717, 1.165) is 25.1 Å². The summed E-state index contributed by atoms with van der Waals surface area (Å²) in [7, 11) is 0. The van der Waals surface area contributed by atoms with Crippen LogP contribution in [0.25, 0.3) is 0 Å². The maximum atomic E-state index is 3.91. The van der Waals surface area contributed by atoms with Gasteiger partial charge in [0.05, 0.1) is 0 Å². The molecule has 0 unspecified atom stereocenters. The molecule has 0 saturated carbocycles. The maximum Gasteiger partial charge on any atom is 0.0224 e. The third-order valence-corrected chi connectivity index (χ3v) is 2.42. The zero-order valence-electron chi connectivity index (χ0n) is 9.45. The fourth-order valence-electron chi connectivity index (χ4n) is 1.54. The van der Waals surface area contributed by atoms with E-state index in [1.54, 1.807) is 0 Å². The number of hydrogen-bond donors (Lipinski definition) is 0. The van der Waals surface area contributed by atoms with Gasteiger partial charge in [0, 0.05) is 12.2 Å². The van der Waals surface area contributed by atoms with Gasteiger partial charge in [-0.05, 0) is 31.5 Å². The fourth-order valence-corrected chi connectivity index (χ4v) is 1.54. The summed E-state index contributed by atoms with van der Waals surface area (Å²) in [6.07, 6.45) is 4.08. The lowest BCUT2D eigenvalue weighted by Crippen LogP contribution is -2.15. The van der Waals surface area contributed by atoms with Crippen LogP contribution >= 0.6 is 0 Å². The van der Waals surface area contributed by atoms with Crippen LogP contribution in [0.4, 0.5) is 0 Å². The molecule has 0 radical (unpaired) electrons. The summed E-state index contributed by atoms with van der Waals surface area (Å²) in [6, 6.07) is 10.5. The summed E-state index contributed by atoms with van der Waals surface area (Å²) in [5.74, 6) is 0. The number of allylic oxidation sites excluding steroid dienone is 1. The molecular formula is C14H19N. The lowest BCUT2D eigenvalue weighted by Gasteiger charge is -2.19. The molecule has 0 saturated heterocycles. The van der Waals surface area contributed by atoms with Gasteiger partial charge in [-0.1, -0.05) is 43.5 Å². The van der Waals surface area contributed by atoms with E-state index in [1.807, 2.05) is 19.2 Å². The first-order valence-corrected chi connectivity index (χ1v) is 5.32. The molecule has 0 fully saturated rings. The highest BCUT2D eigenvalue weighted by molar-refractivity contribution is 5.14. The summed E-state index contributed by atoms with van der Waals surface area (Å²) in [5, 5.41) is 0. The van der Waals surface area contributed by atoms with Gasteiger partial charge < -0.3 is 4.90 Å². The van der Waals surface area contributed by atoms with Crippen molar-refractivity contribution in [1.82, 2.24) is 4.90 Å². The molecule has 1 nitrogen and oxygen atoms in total. The second-order valence-electron chi connectivity index (χ2n) is 3.70. The molecule has 1 aromatic carbocycles. The van der Waals surface area contributed by atoms with E-state index in [0.29, 0.717) is 0 Å². The van der Waals surface area contributed by atoms with Crippen LogP contribution in [0.15, 0.2) is 55.4 Å². The van der Waals surface area contributed by atoms with Crippen LogP contribution in [0.5, 0.6) is 0 Å². The number of benzene rings is 1. The van der Waals surface area contributed by atoms with E-state index in [-0.39, 0.29) is 0 Å². The predicted molar refractivity (Wildman–Crippen MR) is 66.5 cm³/mol. The second kappa shape index (κ2) is 6.07. The Labute approximate surface area is 92.7 Å². The average Bonchev–Trinajstić information content (AvgIpc) is 2.25. The van der Waals surface area contributed by atoms with Crippen LogP contribution in [0.3, 0.4) is 0 Å². The maximum absolute atomic E-state index is 3.91. The molecule has 1 rings (SSSR count). The number of hydrogen-bond acceptors (Lipinski definition) is 1. The average molecular weight is 201 g/mol. The van der Waals surface area contributed by atoms with Gasteiger partial charge in [-0.15, -0.1) is 0 Å². The van der Waals surface area contributed by atoms with Gasteiger partial charge in [0.2, 0.25) is 0 Å². The van der Waals surface area contributed by atoms with Crippen molar-refractivity contribution in [2.24, 2.45) is 0 Å². The van der Waals surface area contributed by atoms with Gasteiger partial charge in [0.25, 0.3) is 0 Å². The number of rotatable bonds is 6. The molecule has 0 aliphatic rings. The molecule has 0 atom stereocenters. The first kappa shape index (κ1) is 11.6. The van der Waals surface area contributed by atoms with Gasteiger partial charge in [0.15, 0.2) is 0 Å². The summed E-state index contributed by atoms with van der Waals surface area (Å²) < 4.78 is 0. The zero-order chi connectivity index (χ0) is 11.1. The topological polar surface area (TPSA) is 3.24 Å². The first-order chi connectivity index (χ1) is 7.24. The zero-order valence-corrected chi connectivity index (χ0v) is 9.45. The van der Waals surface area contributed by atoms with Crippen LogP contribution in [-0.2, 0) is 6.42 Å². The predicted octanol–water partition coefficient (Wildman–Crippen LogP) is 3.60. The number of aryl methyl sites for hydroxylation is 1. The summed E-state index contributed by atoms with van der Waals surface area (Å²) in [4.78, 5) is 2.09. The Balaban J connectivity index is 2.33. The molecule has 0 N–H and O–H groups in total. The fraction of sp³-hybridized carbons (Fsp3) is 0.286. The molecular weight excluding hydrogens is 182 g/mol. The van der Waals surface area contributed by atoms with Gasteiger partial charge in [-0.25, -0.2) is 0 Å². The summed E-state index contributed by atoms with van der Waals surface area (Å²) in [6.45, 7) is 10.7. The van der Waals surface area contributed by atoms with Crippen LogP contribution < -0.4 is 0 Å². The van der Waals surface area contributed by atoms with E-state index in [1.165, 1.54) is 5.56 Å². The molecule has 0 aromatic heterocycles.